The number of benzene rings is 2. The lowest BCUT2D eigenvalue weighted by Crippen LogP contribution is -1.89. The molecule has 0 saturated heterocycles. The summed E-state index contributed by atoms with van der Waals surface area (Å²) in [5.74, 6) is 1.19. The van der Waals surface area contributed by atoms with E-state index < -0.39 is 0 Å². The Kier molecular flexibility index (Phi) is 3.79. The molecular weight excluding hydrogens is 283 g/mol. The number of hydrogen-bond donors (Lipinski definition) is 0. The third kappa shape index (κ3) is 3.07. The Bertz CT molecular complexity index is 508. The highest BCUT2D eigenvalue weighted by Crippen LogP contribution is 2.25. The quantitative estimate of drug-likeness (QED) is 0.737. The van der Waals surface area contributed by atoms with E-state index in [2.05, 4.69) is 15.9 Å². The summed E-state index contributed by atoms with van der Waals surface area (Å²) in [6.45, 7) is 1.82. The van der Waals surface area contributed by atoms with E-state index in [9.17, 15) is 4.39 Å². The second kappa shape index (κ2) is 5.32. The van der Waals surface area contributed by atoms with Crippen LogP contribution in [0.5, 0.6) is 11.5 Å². The van der Waals surface area contributed by atoms with E-state index in [0.717, 1.165) is 16.6 Å². The van der Waals surface area contributed by atoms with Gasteiger partial charge in [0.25, 0.3) is 0 Å². The molecule has 0 amide bonds. The van der Waals surface area contributed by atoms with Gasteiger partial charge in [-0.3, -0.25) is 0 Å². The van der Waals surface area contributed by atoms with Crippen LogP contribution >= 0.6 is 15.9 Å². The molecule has 2 aromatic carbocycles. The molecule has 88 valence electrons. The molecule has 0 bridgehead atoms. The van der Waals surface area contributed by atoms with Gasteiger partial charge in [-0.1, -0.05) is 28.1 Å². The van der Waals surface area contributed by atoms with E-state index >= 15 is 0 Å². The zero-order valence-corrected chi connectivity index (χ0v) is 11.0. The van der Waals surface area contributed by atoms with Gasteiger partial charge in [-0.05, 0) is 48.4 Å². The lowest BCUT2D eigenvalue weighted by molar-refractivity contribution is 0.476. The maximum atomic E-state index is 12.9. The zero-order chi connectivity index (χ0) is 12.3. The first-order chi connectivity index (χ1) is 8.19. The Morgan fingerprint density at radius 3 is 2.41 bits per heavy atom. The predicted molar refractivity (Wildman–Crippen MR) is 70.3 cm³/mol. The standard InChI is InChI=1S/C14H12BrFO/c1-10-8-12(16)4-7-14(10)17-13-5-2-11(9-15)3-6-13/h2-8H,9H2,1H3. The molecule has 0 saturated carbocycles. The predicted octanol–water partition coefficient (Wildman–Crippen LogP) is 4.82. The SMILES string of the molecule is Cc1cc(F)ccc1Oc1ccc(CBr)cc1. The summed E-state index contributed by atoms with van der Waals surface area (Å²) >= 11 is 3.39. The Labute approximate surface area is 108 Å². The summed E-state index contributed by atoms with van der Waals surface area (Å²) < 4.78 is 18.6. The molecule has 0 spiro atoms. The van der Waals surface area contributed by atoms with Gasteiger partial charge in [0.15, 0.2) is 0 Å². The minimum atomic E-state index is -0.246. The van der Waals surface area contributed by atoms with Crippen LogP contribution in [0.2, 0.25) is 0 Å². The molecule has 17 heavy (non-hydrogen) atoms. The highest BCUT2D eigenvalue weighted by Gasteiger charge is 2.02. The van der Waals surface area contributed by atoms with Gasteiger partial charge in [-0.25, -0.2) is 4.39 Å². The van der Waals surface area contributed by atoms with Crippen LogP contribution in [0.4, 0.5) is 4.39 Å². The molecule has 2 rings (SSSR count). The molecule has 0 unspecified atom stereocenters. The summed E-state index contributed by atoms with van der Waals surface area (Å²) in [6, 6.07) is 12.3. The van der Waals surface area contributed by atoms with Crippen molar-refractivity contribution in [1.29, 1.82) is 0 Å². The first kappa shape index (κ1) is 12.1. The van der Waals surface area contributed by atoms with Gasteiger partial charge < -0.3 is 4.74 Å². The van der Waals surface area contributed by atoms with Gasteiger partial charge >= 0.3 is 0 Å². The molecule has 0 N–H and O–H groups in total. The van der Waals surface area contributed by atoms with Gasteiger partial charge in [-0.2, -0.15) is 0 Å². The van der Waals surface area contributed by atoms with Crippen molar-refractivity contribution in [2.24, 2.45) is 0 Å². The second-order valence-corrected chi connectivity index (χ2v) is 4.35. The summed E-state index contributed by atoms with van der Waals surface area (Å²) in [6.07, 6.45) is 0. The van der Waals surface area contributed by atoms with Crippen molar-refractivity contribution in [2.45, 2.75) is 12.3 Å². The zero-order valence-electron chi connectivity index (χ0n) is 9.41. The first-order valence-corrected chi connectivity index (χ1v) is 6.40. The van der Waals surface area contributed by atoms with Gasteiger partial charge in [0.1, 0.15) is 17.3 Å². The fourth-order valence-corrected chi connectivity index (χ4v) is 1.87. The van der Waals surface area contributed by atoms with Crippen LogP contribution in [0.1, 0.15) is 11.1 Å². The van der Waals surface area contributed by atoms with Crippen LogP contribution in [-0.2, 0) is 5.33 Å². The minimum absolute atomic E-state index is 0.246. The molecule has 0 aliphatic heterocycles. The Balaban J connectivity index is 2.19. The molecule has 2 aromatic rings. The molecule has 0 atom stereocenters. The molecular formula is C14H12BrFO. The molecule has 0 aromatic heterocycles. The number of ether oxygens (including phenoxy) is 1. The van der Waals surface area contributed by atoms with Crippen LogP contribution in [0.3, 0.4) is 0 Å². The van der Waals surface area contributed by atoms with Gasteiger partial charge in [0.2, 0.25) is 0 Å². The van der Waals surface area contributed by atoms with E-state index in [1.54, 1.807) is 6.07 Å². The van der Waals surface area contributed by atoms with Crippen molar-refractivity contribution in [3.05, 3.63) is 59.4 Å². The maximum Gasteiger partial charge on any atom is 0.130 e. The highest BCUT2D eigenvalue weighted by atomic mass is 79.9. The number of halogens is 2. The summed E-state index contributed by atoms with van der Waals surface area (Å²) in [5.41, 5.74) is 1.97. The number of alkyl halides is 1. The topological polar surface area (TPSA) is 9.23 Å². The number of aryl methyl sites for hydroxylation is 1. The molecule has 0 fully saturated rings. The Morgan fingerprint density at radius 2 is 1.82 bits per heavy atom. The van der Waals surface area contributed by atoms with Crippen LogP contribution in [0.15, 0.2) is 42.5 Å². The maximum absolute atomic E-state index is 12.9. The fourth-order valence-electron chi connectivity index (χ4n) is 1.50. The van der Waals surface area contributed by atoms with Gasteiger partial charge in [0.05, 0.1) is 0 Å². The minimum Gasteiger partial charge on any atom is -0.457 e. The van der Waals surface area contributed by atoms with Crippen molar-refractivity contribution in [3.63, 3.8) is 0 Å². The number of rotatable bonds is 3. The second-order valence-electron chi connectivity index (χ2n) is 3.79. The van der Waals surface area contributed by atoms with E-state index in [4.69, 9.17) is 4.74 Å². The van der Waals surface area contributed by atoms with Crippen molar-refractivity contribution < 1.29 is 9.13 Å². The molecule has 3 heteroatoms. The van der Waals surface area contributed by atoms with E-state index in [1.807, 2.05) is 31.2 Å². The molecule has 0 radical (unpaired) electrons. The van der Waals surface area contributed by atoms with Crippen molar-refractivity contribution in [3.8, 4) is 11.5 Å². The van der Waals surface area contributed by atoms with Crippen molar-refractivity contribution in [2.75, 3.05) is 0 Å². The average molecular weight is 295 g/mol. The number of hydrogen-bond acceptors (Lipinski definition) is 1. The van der Waals surface area contributed by atoms with Gasteiger partial charge in [-0.15, -0.1) is 0 Å². The summed E-state index contributed by atoms with van der Waals surface area (Å²) in [7, 11) is 0. The van der Waals surface area contributed by atoms with Crippen molar-refractivity contribution in [1.82, 2.24) is 0 Å². The third-order valence-electron chi connectivity index (χ3n) is 2.44. The fraction of sp³-hybridized carbons (Fsp3) is 0.143. The lowest BCUT2D eigenvalue weighted by atomic mass is 10.2. The monoisotopic (exact) mass is 294 g/mol. The Hall–Kier alpha value is -1.35. The molecule has 0 heterocycles. The van der Waals surface area contributed by atoms with E-state index in [-0.39, 0.29) is 5.82 Å². The van der Waals surface area contributed by atoms with Crippen molar-refractivity contribution >= 4 is 15.9 Å². The Morgan fingerprint density at radius 1 is 1.12 bits per heavy atom. The molecule has 0 aliphatic rings. The van der Waals surface area contributed by atoms with Gasteiger partial charge in [0, 0.05) is 5.33 Å². The smallest absolute Gasteiger partial charge is 0.130 e. The molecule has 1 nitrogen and oxygen atoms in total. The van der Waals surface area contributed by atoms with Crippen LogP contribution in [0, 0.1) is 12.7 Å². The van der Waals surface area contributed by atoms with E-state index in [0.29, 0.717) is 5.75 Å². The first-order valence-electron chi connectivity index (χ1n) is 5.28. The van der Waals surface area contributed by atoms with Crippen LogP contribution in [-0.4, -0.2) is 0 Å². The summed E-state index contributed by atoms with van der Waals surface area (Å²) in [4.78, 5) is 0. The largest absolute Gasteiger partial charge is 0.457 e. The van der Waals surface area contributed by atoms with Crippen LogP contribution < -0.4 is 4.74 Å². The van der Waals surface area contributed by atoms with Crippen LogP contribution in [0.25, 0.3) is 0 Å². The third-order valence-corrected chi connectivity index (χ3v) is 3.09. The summed E-state index contributed by atoms with van der Waals surface area (Å²) in [5, 5.41) is 0.822. The average Bonchev–Trinajstić information content (AvgIpc) is 2.34. The van der Waals surface area contributed by atoms with E-state index in [1.165, 1.54) is 17.7 Å². The lowest BCUT2D eigenvalue weighted by Gasteiger charge is -2.08. The highest BCUT2D eigenvalue weighted by molar-refractivity contribution is 9.08. The molecule has 0 aliphatic carbocycles. The normalized spacial score (nSPS) is 10.3.